The quantitative estimate of drug-likeness (QED) is 0.665. The van der Waals surface area contributed by atoms with E-state index in [-0.39, 0.29) is 12.6 Å². The van der Waals surface area contributed by atoms with Crippen LogP contribution in [0.1, 0.15) is 50.4 Å². The molecule has 0 bridgehead atoms. The zero-order chi connectivity index (χ0) is 20.4. The fourth-order valence-corrected chi connectivity index (χ4v) is 4.70. The molecule has 3 aromatic heterocycles. The molecule has 0 aliphatic heterocycles. The third-order valence-corrected chi connectivity index (χ3v) is 6.35. The Morgan fingerprint density at radius 1 is 1.24 bits per heavy atom. The van der Waals surface area contributed by atoms with E-state index in [4.69, 9.17) is 10.2 Å². The molecule has 1 saturated carbocycles. The summed E-state index contributed by atoms with van der Waals surface area (Å²) in [7, 11) is -3.33. The molecule has 1 aliphatic rings. The van der Waals surface area contributed by atoms with Crippen LogP contribution in [0, 0.1) is 17.2 Å². The maximum Gasteiger partial charge on any atom is 0.209 e. The van der Waals surface area contributed by atoms with Crippen LogP contribution in [0.25, 0.3) is 22.1 Å². The van der Waals surface area contributed by atoms with Crippen molar-refractivity contribution in [3.8, 4) is 6.07 Å². The molecule has 1 fully saturated rings. The molecule has 8 nitrogen and oxygen atoms in total. The van der Waals surface area contributed by atoms with Crippen molar-refractivity contribution in [1.82, 2.24) is 24.2 Å². The van der Waals surface area contributed by atoms with Gasteiger partial charge < -0.3 is 4.57 Å². The molecular weight excluding hydrogens is 388 g/mol. The number of imidazole rings is 1. The lowest BCUT2D eigenvalue weighted by Crippen LogP contribution is -2.26. The fourth-order valence-electron chi connectivity index (χ4n) is 4.31. The minimum absolute atomic E-state index is 0.135. The van der Waals surface area contributed by atoms with Gasteiger partial charge in [-0.25, -0.2) is 18.1 Å². The van der Waals surface area contributed by atoms with Gasteiger partial charge in [0.1, 0.15) is 16.9 Å². The van der Waals surface area contributed by atoms with Crippen molar-refractivity contribution in [1.29, 1.82) is 5.26 Å². The van der Waals surface area contributed by atoms with Gasteiger partial charge in [0.2, 0.25) is 10.0 Å². The second-order valence-electron chi connectivity index (χ2n) is 7.73. The van der Waals surface area contributed by atoms with E-state index in [1.165, 1.54) is 0 Å². The molecule has 9 heteroatoms. The lowest BCUT2D eigenvalue weighted by Gasteiger charge is -2.30. The molecule has 4 rings (SSSR count). The Kier molecular flexibility index (Phi) is 5.48. The van der Waals surface area contributed by atoms with Crippen LogP contribution in [0.5, 0.6) is 0 Å². The van der Waals surface area contributed by atoms with Gasteiger partial charge in [0.25, 0.3) is 0 Å². The molecule has 29 heavy (non-hydrogen) atoms. The smallest absolute Gasteiger partial charge is 0.209 e. The molecule has 0 saturated heterocycles. The Bertz CT molecular complexity index is 1170. The molecule has 1 N–H and O–H groups in total. The number of aromatic nitrogens is 4. The van der Waals surface area contributed by atoms with Crippen LogP contribution in [-0.4, -0.2) is 34.2 Å². The van der Waals surface area contributed by atoms with Crippen molar-refractivity contribution < 1.29 is 8.42 Å². The zero-order valence-corrected chi connectivity index (χ0v) is 17.2. The molecule has 0 aromatic carbocycles. The zero-order valence-electron chi connectivity index (χ0n) is 16.4. The largest absolute Gasteiger partial charge is 0.322 e. The number of hydrogen-bond acceptors (Lipinski definition) is 6. The van der Waals surface area contributed by atoms with Crippen molar-refractivity contribution in [3.63, 3.8) is 0 Å². The first kappa shape index (κ1) is 19.7. The SMILES string of the molecule is CS(=O)(=O)NCc1nc2cnc3cccnc3c2n1C1CCC(CCC#N)CC1. The molecule has 0 radical (unpaired) electrons. The Balaban J connectivity index is 1.75. The minimum Gasteiger partial charge on any atom is -0.322 e. The average Bonchev–Trinajstić information content (AvgIpc) is 3.10. The van der Waals surface area contributed by atoms with E-state index in [0.717, 1.165) is 60.4 Å². The summed E-state index contributed by atoms with van der Waals surface area (Å²) in [6.45, 7) is 0.135. The van der Waals surface area contributed by atoms with E-state index in [1.807, 2.05) is 12.1 Å². The van der Waals surface area contributed by atoms with Crippen molar-refractivity contribution >= 4 is 32.1 Å². The topological polar surface area (TPSA) is 114 Å². The second-order valence-corrected chi connectivity index (χ2v) is 9.56. The summed E-state index contributed by atoms with van der Waals surface area (Å²) < 4.78 is 28.1. The summed E-state index contributed by atoms with van der Waals surface area (Å²) in [5, 5.41) is 8.85. The summed E-state index contributed by atoms with van der Waals surface area (Å²) in [5.74, 6) is 1.26. The van der Waals surface area contributed by atoms with Crippen LogP contribution < -0.4 is 4.72 Å². The van der Waals surface area contributed by atoms with Gasteiger partial charge in [0.15, 0.2) is 0 Å². The first-order valence-electron chi connectivity index (χ1n) is 9.88. The Labute approximate surface area is 170 Å². The Hall–Kier alpha value is -2.57. The van der Waals surface area contributed by atoms with E-state index < -0.39 is 10.0 Å². The van der Waals surface area contributed by atoms with Crippen LogP contribution >= 0.6 is 0 Å². The third kappa shape index (κ3) is 4.23. The normalized spacial score (nSPS) is 20.1. The van der Waals surface area contributed by atoms with Crippen LogP contribution in [0.4, 0.5) is 0 Å². The molecule has 3 heterocycles. The number of hydrogen-bond donors (Lipinski definition) is 1. The molecule has 0 unspecified atom stereocenters. The standard InChI is InChI=1S/C20H24N6O2S/c1-29(27,28)24-13-18-25-17-12-23-16-5-3-11-22-19(16)20(17)26(18)15-8-6-14(7-9-15)4-2-10-21/h3,5,11-12,14-15,24H,2,4,6-9,13H2,1H3. The van der Waals surface area contributed by atoms with Crippen LogP contribution in [0.3, 0.4) is 0 Å². The van der Waals surface area contributed by atoms with Crippen LogP contribution in [0.15, 0.2) is 24.5 Å². The van der Waals surface area contributed by atoms with Gasteiger partial charge >= 0.3 is 0 Å². The lowest BCUT2D eigenvalue weighted by atomic mass is 9.83. The monoisotopic (exact) mass is 412 g/mol. The number of rotatable bonds is 6. The molecule has 152 valence electrons. The maximum atomic E-state index is 11.7. The van der Waals surface area contributed by atoms with Gasteiger partial charge in [-0.2, -0.15) is 5.26 Å². The molecule has 3 aromatic rings. The van der Waals surface area contributed by atoms with E-state index in [2.05, 4.69) is 25.3 Å². The molecule has 0 spiro atoms. The number of nitriles is 1. The number of sulfonamides is 1. The summed E-state index contributed by atoms with van der Waals surface area (Å²) in [5.41, 5.74) is 3.23. The molecular formula is C20H24N6O2S. The lowest BCUT2D eigenvalue weighted by molar-refractivity contribution is 0.265. The Morgan fingerprint density at radius 3 is 2.76 bits per heavy atom. The summed E-state index contributed by atoms with van der Waals surface area (Å²) in [6.07, 6.45) is 10.3. The average molecular weight is 413 g/mol. The fraction of sp³-hybridized carbons (Fsp3) is 0.500. The van der Waals surface area contributed by atoms with Gasteiger partial charge in [-0.15, -0.1) is 0 Å². The van der Waals surface area contributed by atoms with E-state index in [0.29, 0.717) is 18.2 Å². The predicted molar refractivity (Wildman–Crippen MR) is 110 cm³/mol. The first-order chi connectivity index (χ1) is 14.0. The third-order valence-electron chi connectivity index (χ3n) is 5.69. The number of fused-ring (bicyclic) bond motifs is 3. The van der Waals surface area contributed by atoms with Crippen molar-refractivity contribution in [2.45, 2.75) is 51.1 Å². The summed E-state index contributed by atoms with van der Waals surface area (Å²) in [6, 6.07) is 6.25. The summed E-state index contributed by atoms with van der Waals surface area (Å²) >= 11 is 0. The van der Waals surface area contributed by atoms with Crippen LogP contribution in [0.2, 0.25) is 0 Å². The van der Waals surface area contributed by atoms with Gasteiger partial charge in [-0.05, 0) is 50.2 Å². The highest BCUT2D eigenvalue weighted by Gasteiger charge is 2.27. The molecule has 1 aliphatic carbocycles. The minimum atomic E-state index is -3.33. The number of nitrogens with zero attached hydrogens (tertiary/aromatic N) is 5. The second kappa shape index (κ2) is 8.05. The first-order valence-corrected chi connectivity index (χ1v) is 11.8. The van der Waals surface area contributed by atoms with Crippen molar-refractivity contribution in [3.05, 3.63) is 30.4 Å². The highest BCUT2D eigenvalue weighted by atomic mass is 32.2. The van der Waals surface area contributed by atoms with Gasteiger partial charge in [0.05, 0.1) is 36.1 Å². The molecule has 0 amide bonds. The number of nitrogens with one attached hydrogen (secondary N) is 1. The van der Waals surface area contributed by atoms with Crippen molar-refractivity contribution in [2.24, 2.45) is 5.92 Å². The molecule has 0 atom stereocenters. The van der Waals surface area contributed by atoms with Crippen molar-refractivity contribution in [2.75, 3.05) is 6.26 Å². The summed E-state index contributed by atoms with van der Waals surface area (Å²) in [4.78, 5) is 13.7. The number of pyridine rings is 2. The predicted octanol–water partition coefficient (Wildman–Crippen LogP) is 3.06. The Morgan fingerprint density at radius 2 is 2.03 bits per heavy atom. The van der Waals surface area contributed by atoms with Gasteiger partial charge in [-0.3, -0.25) is 9.97 Å². The maximum absolute atomic E-state index is 11.7. The van der Waals surface area contributed by atoms with Gasteiger partial charge in [0, 0.05) is 18.7 Å². The van der Waals surface area contributed by atoms with Crippen LogP contribution in [-0.2, 0) is 16.6 Å². The highest BCUT2D eigenvalue weighted by molar-refractivity contribution is 7.88. The van der Waals surface area contributed by atoms with E-state index in [1.54, 1.807) is 12.4 Å². The van der Waals surface area contributed by atoms with E-state index in [9.17, 15) is 8.42 Å². The van der Waals surface area contributed by atoms with Gasteiger partial charge in [-0.1, -0.05) is 0 Å². The highest BCUT2D eigenvalue weighted by Crippen LogP contribution is 2.38. The van der Waals surface area contributed by atoms with E-state index >= 15 is 0 Å².